The molecular formula is C32H30ClNO4. The average Bonchev–Trinajstić information content (AvgIpc) is 3.40. The predicted octanol–water partition coefficient (Wildman–Crippen LogP) is 7.32. The van der Waals surface area contributed by atoms with E-state index < -0.39 is 11.8 Å². The Morgan fingerprint density at radius 3 is 2.53 bits per heavy atom. The standard InChI is InChI=1S/C32H30ClNO4/c1-37-32(38-2,16-15-25-18-23-6-4-7-24(23)19-29(25)31(35)36)26-8-3-5-21(17-26)9-13-28-14-11-22-10-12-27(33)20-30(22)34-28/h3,5,8-14,17-20H,4,6-7,15-16H2,1-2H3,(H,35,36)/b13-9+. The van der Waals surface area contributed by atoms with Gasteiger partial charge in [0.1, 0.15) is 0 Å². The van der Waals surface area contributed by atoms with Gasteiger partial charge in [0.25, 0.3) is 0 Å². The molecule has 3 aromatic carbocycles. The van der Waals surface area contributed by atoms with Crippen molar-refractivity contribution in [3.05, 3.63) is 111 Å². The Morgan fingerprint density at radius 2 is 1.76 bits per heavy atom. The molecule has 1 heterocycles. The summed E-state index contributed by atoms with van der Waals surface area (Å²) in [5.41, 5.74) is 7.09. The van der Waals surface area contributed by atoms with Crippen molar-refractivity contribution in [3.63, 3.8) is 0 Å². The van der Waals surface area contributed by atoms with Crippen molar-refractivity contribution in [3.8, 4) is 0 Å². The highest BCUT2D eigenvalue weighted by atomic mass is 35.5. The third-order valence-corrected chi connectivity index (χ3v) is 7.61. The lowest BCUT2D eigenvalue weighted by atomic mass is 9.92. The van der Waals surface area contributed by atoms with Crippen molar-refractivity contribution in [1.82, 2.24) is 4.98 Å². The highest BCUT2D eigenvalue weighted by Gasteiger charge is 2.33. The summed E-state index contributed by atoms with van der Waals surface area (Å²) < 4.78 is 11.9. The smallest absolute Gasteiger partial charge is 0.335 e. The van der Waals surface area contributed by atoms with E-state index in [0.717, 1.165) is 58.1 Å². The fraction of sp³-hybridized carbons (Fsp3) is 0.250. The van der Waals surface area contributed by atoms with Crippen LogP contribution >= 0.6 is 11.6 Å². The molecule has 0 unspecified atom stereocenters. The van der Waals surface area contributed by atoms with Crippen molar-refractivity contribution in [2.75, 3.05) is 14.2 Å². The number of aryl methyl sites for hydroxylation is 3. The maximum atomic E-state index is 12.0. The van der Waals surface area contributed by atoms with E-state index in [9.17, 15) is 9.90 Å². The first-order valence-corrected chi connectivity index (χ1v) is 13.1. The number of ether oxygens (including phenoxy) is 2. The molecule has 1 aliphatic rings. The van der Waals surface area contributed by atoms with Crippen LogP contribution < -0.4 is 0 Å². The monoisotopic (exact) mass is 527 g/mol. The Hall–Kier alpha value is -3.51. The number of nitrogens with zero attached hydrogens (tertiary/aromatic N) is 1. The van der Waals surface area contributed by atoms with Crippen LogP contribution in [0.4, 0.5) is 0 Å². The second-order valence-corrected chi connectivity index (χ2v) is 10.1. The number of halogens is 1. The first-order valence-electron chi connectivity index (χ1n) is 12.7. The van der Waals surface area contributed by atoms with Crippen LogP contribution in [0, 0.1) is 0 Å². The van der Waals surface area contributed by atoms with Gasteiger partial charge in [-0.25, -0.2) is 9.78 Å². The largest absolute Gasteiger partial charge is 0.478 e. The molecule has 0 saturated heterocycles. The molecule has 0 fully saturated rings. The summed E-state index contributed by atoms with van der Waals surface area (Å²) >= 11 is 6.13. The molecule has 4 aromatic rings. The highest BCUT2D eigenvalue weighted by Crippen LogP contribution is 2.34. The molecule has 0 spiro atoms. The van der Waals surface area contributed by atoms with Gasteiger partial charge in [-0.1, -0.05) is 54.1 Å². The fourth-order valence-electron chi connectivity index (χ4n) is 5.31. The number of fused-ring (bicyclic) bond motifs is 2. The molecule has 0 aliphatic heterocycles. The summed E-state index contributed by atoms with van der Waals surface area (Å²) in [7, 11) is 3.24. The number of rotatable bonds is 9. The van der Waals surface area contributed by atoms with Crippen molar-refractivity contribution >= 4 is 40.6 Å². The van der Waals surface area contributed by atoms with E-state index in [-0.39, 0.29) is 0 Å². The second kappa shape index (κ2) is 11.1. The summed E-state index contributed by atoms with van der Waals surface area (Å²) in [6.07, 6.45) is 7.96. The average molecular weight is 528 g/mol. The second-order valence-electron chi connectivity index (χ2n) is 9.63. The van der Waals surface area contributed by atoms with E-state index in [1.165, 1.54) is 5.56 Å². The molecular weight excluding hydrogens is 498 g/mol. The Morgan fingerprint density at radius 1 is 1.00 bits per heavy atom. The van der Waals surface area contributed by atoms with Crippen LogP contribution in [0.2, 0.25) is 5.02 Å². The maximum absolute atomic E-state index is 12.0. The zero-order valence-electron chi connectivity index (χ0n) is 21.5. The molecule has 1 aliphatic carbocycles. The van der Waals surface area contributed by atoms with E-state index in [1.54, 1.807) is 14.2 Å². The van der Waals surface area contributed by atoms with E-state index in [2.05, 4.69) is 6.07 Å². The van der Waals surface area contributed by atoms with Crippen molar-refractivity contribution < 1.29 is 19.4 Å². The molecule has 0 saturated carbocycles. The molecule has 0 atom stereocenters. The Bertz CT molecular complexity index is 1520. The lowest BCUT2D eigenvalue weighted by molar-refractivity contribution is -0.219. The number of benzene rings is 3. The van der Waals surface area contributed by atoms with Gasteiger partial charge >= 0.3 is 5.97 Å². The van der Waals surface area contributed by atoms with Gasteiger partial charge in [-0.3, -0.25) is 0 Å². The number of carboxylic acids is 1. The minimum absolute atomic E-state index is 0.368. The maximum Gasteiger partial charge on any atom is 0.335 e. The van der Waals surface area contributed by atoms with Crippen molar-refractivity contribution in [2.45, 2.75) is 37.9 Å². The van der Waals surface area contributed by atoms with Crippen LogP contribution in [0.15, 0.2) is 66.7 Å². The minimum Gasteiger partial charge on any atom is -0.478 e. The number of aromatic nitrogens is 1. The van der Waals surface area contributed by atoms with Crippen LogP contribution in [0.1, 0.15) is 56.7 Å². The number of pyridine rings is 1. The van der Waals surface area contributed by atoms with E-state index >= 15 is 0 Å². The van der Waals surface area contributed by atoms with Crippen LogP contribution in [-0.4, -0.2) is 30.3 Å². The zero-order chi connectivity index (χ0) is 26.7. The fourth-order valence-corrected chi connectivity index (χ4v) is 5.47. The summed E-state index contributed by atoms with van der Waals surface area (Å²) in [4.78, 5) is 16.7. The van der Waals surface area contributed by atoms with Gasteiger partial charge in [-0.2, -0.15) is 0 Å². The number of carboxylic acid groups (broad SMARTS) is 1. The van der Waals surface area contributed by atoms with Gasteiger partial charge in [0.15, 0.2) is 5.79 Å². The topological polar surface area (TPSA) is 68.7 Å². The molecule has 1 aromatic heterocycles. The number of hydrogen-bond acceptors (Lipinski definition) is 4. The van der Waals surface area contributed by atoms with Crippen molar-refractivity contribution in [1.29, 1.82) is 0 Å². The van der Waals surface area contributed by atoms with Gasteiger partial charge < -0.3 is 14.6 Å². The van der Waals surface area contributed by atoms with Crippen LogP contribution in [0.5, 0.6) is 0 Å². The third kappa shape index (κ3) is 5.37. The van der Waals surface area contributed by atoms with Gasteiger partial charge in [0, 0.05) is 36.6 Å². The van der Waals surface area contributed by atoms with Gasteiger partial charge in [0.2, 0.25) is 0 Å². The van der Waals surface area contributed by atoms with Gasteiger partial charge in [-0.15, -0.1) is 0 Å². The summed E-state index contributed by atoms with van der Waals surface area (Å²) in [6.45, 7) is 0. The molecule has 0 bridgehead atoms. The Kier molecular flexibility index (Phi) is 7.61. The van der Waals surface area contributed by atoms with Crippen molar-refractivity contribution in [2.24, 2.45) is 0 Å². The summed E-state index contributed by atoms with van der Waals surface area (Å²) in [6, 6.07) is 21.6. The number of carbonyl (C=O) groups is 1. The number of methoxy groups -OCH3 is 2. The molecule has 0 radical (unpaired) electrons. The van der Waals surface area contributed by atoms with E-state index in [1.807, 2.05) is 72.8 Å². The predicted molar refractivity (Wildman–Crippen MR) is 152 cm³/mol. The zero-order valence-corrected chi connectivity index (χ0v) is 22.3. The lowest BCUT2D eigenvalue weighted by Gasteiger charge is -2.32. The first-order chi connectivity index (χ1) is 18.4. The van der Waals surface area contributed by atoms with Gasteiger partial charge in [0.05, 0.1) is 16.8 Å². The van der Waals surface area contributed by atoms with Crippen LogP contribution in [-0.2, 0) is 34.5 Å². The van der Waals surface area contributed by atoms with E-state index in [4.69, 9.17) is 26.1 Å². The SMILES string of the molecule is COC(CCc1cc2c(cc1C(=O)O)CCC2)(OC)c1cccc(/C=C/c2ccc3ccc(Cl)cc3n2)c1. The van der Waals surface area contributed by atoms with Crippen LogP contribution in [0.25, 0.3) is 23.1 Å². The molecule has 0 amide bonds. The normalized spacial score (nSPS) is 13.3. The summed E-state index contributed by atoms with van der Waals surface area (Å²) in [5.74, 6) is -1.91. The molecule has 194 valence electrons. The quantitative estimate of drug-likeness (QED) is 0.231. The first kappa shape index (κ1) is 26.1. The molecule has 6 heteroatoms. The molecule has 1 N–H and O–H groups in total. The molecule has 38 heavy (non-hydrogen) atoms. The highest BCUT2D eigenvalue weighted by molar-refractivity contribution is 6.31. The van der Waals surface area contributed by atoms with E-state index in [0.29, 0.717) is 23.4 Å². The van der Waals surface area contributed by atoms with Gasteiger partial charge in [-0.05, 0) is 84.3 Å². The number of hydrogen-bond donors (Lipinski definition) is 1. The lowest BCUT2D eigenvalue weighted by Crippen LogP contribution is -2.31. The Labute approximate surface area is 227 Å². The third-order valence-electron chi connectivity index (χ3n) is 7.38. The minimum atomic E-state index is -1.02. The summed E-state index contributed by atoms with van der Waals surface area (Å²) in [5, 5.41) is 11.5. The molecule has 5 nitrogen and oxygen atoms in total. The Balaban J connectivity index is 1.40. The van der Waals surface area contributed by atoms with Crippen LogP contribution in [0.3, 0.4) is 0 Å². The molecule has 5 rings (SSSR count). The number of aromatic carboxylic acids is 1.